The number of halogens is 3. The maximum atomic E-state index is 13.0. The van der Waals surface area contributed by atoms with Gasteiger partial charge in [-0.15, -0.1) is 0 Å². The fourth-order valence-corrected chi connectivity index (χ4v) is 5.02. The van der Waals surface area contributed by atoms with Gasteiger partial charge in [-0.3, -0.25) is 4.79 Å². The molecule has 1 aromatic heterocycles. The molecule has 4 aromatic rings. The third-order valence-electron chi connectivity index (χ3n) is 7.57. The Morgan fingerprint density at radius 1 is 1.00 bits per heavy atom. The van der Waals surface area contributed by atoms with Crippen LogP contribution >= 0.6 is 0 Å². The fourth-order valence-electron chi connectivity index (χ4n) is 5.02. The zero-order valence-electron chi connectivity index (χ0n) is 21.3. The van der Waals surface area contributed by atoms with Gasteiger partial charge in [0.15, 0.2) is 5.76 Å². The molecule has 1 aliphatic rings. The Morgan fingerprint density at radius 2 is 1.62 bits per heavy atom. The number of aryl methyl sites for hydroxylation is 1. The summed E-state index contributed by atoms with van der Waals surface area (Å²) >= 11 is 0. The van der Waals surface area contributed by atoms with Crippen LogP contribution in [-0.4, -0.2) is 21.3 Å². The highest BCUT2D eigenvalue weighted by Gasteiger charge is 2.51. The molecule has 39 heavy (non-hydrogen) atoms. The molecule has 0 spiro atoms. The summed E-state index contributed by atoms with van der Waals surface area (Å²) in [6.45, 7) is 1.84. The van der Waals surface area contributed by atoms with E-state index in [4.69, 9.17) is 4.52 Å². The van der Waals surface area contributed by atoms with Crippen molar-refractivity contribution in [2.45, 2.75) is 56.7 Å². The van der Waals surface area contributed by atoms with Gasteiger partial charge in [0.1, 0.15) is 0 Å². The first-order chi connectivity index (χ1) is 18.6. The fraction of sp³-hybridized carbons (Fsp3) is 0.290. The molecule has 1 fully saturated rings. The number of carboxylic acids is 1. The van der Waals surface area contributed by atoms with E-state index in [2.05, 4.69) is 5.16 Å². The summed E-state index contributed by atoms with van der Waals surface area (Å²) in [4.78, 5) is 11.6. The monoisotopic (exact) mass is 535 g/mol. The minimum Gasteiger partial charge on any atom is -0.481 e. The summed E-state index contributed by atoms with van der Waals surface area (Å²) in [5.41, 5.74) is 3.98. The number of aliphatic hydroxyl groups excluding tert-OH is 1. The lowest BCUT2D eigenvalue weighted by atomic mass is 9.93. The second kappa shape index (κ2) is 10.3. The Kier molecular flexibility index (Phi) is 7.07. The summed E-state index contributed by atoms with van der Waals surface area (Å²) < 4.78 is 44.6. The molecular formula is C31H28F3NO4. The van der Waals surface area contributed by atoms with Gasteiger partial charge in [-0.2, -0.15) is 13.2 Å². The third kappa shape index (κ3) is 5.47. The van der Waals surface area contributed by atoms with Crippen LogP contribution in [0.3, 0.4) is 0 Å². The smallest absolute Gasteiger partial charge is 0.416 e. The molecule has 5 nitrogen and oxygen atoms in total. The van der Waals surface area contributed by atoms with E-state index >= 15 is 0 Å². The van der Waals surface area contributed by atoms with Gasteiger partial charge < -0.3 is 14.7 Å². The Bertz CT molecular complexity index is 1470. The molecule has 5 rings (SSSR count). The highest BCUT2D eigenvalue weighted by molar-refractivity contribution is 5.85. The third-order valence-corrected chi connectivity index (χ3v) is 7.57. The molecule has 0 saturated heterocycles. The number of nitrogens with zero attached hydrogens (tertiary/aromatic N) is 1. The Balaban J connectivity index is 1.25. The van der Waals surface area contributed by atoms with E-state index in [1.165, 1.54) is 12.1 Å². The van der Waals surface area contributed by atoms with Gasteiger partial charge in [0.05, 0.1) is 22.8 Å². The summed E-state index contributed by atoms with van der Waals surface area (Å²) in [7, 11) is 0. The highest BCUT2D eigenvalue weighted by atomic mass is 19.4. The first-order valence-electron chi connectivity index (χ1n) is 12.8. The standard InChI is InChI=1S/C31H28F3NO4/c1-19-26(6-3-7-27(36)23-4-2-5-25(18-23)31(32,33)34)28(39-35-19)22-10-8-20(9-11-22)21-12-14-24(15-13-21)30(16-17-30)29(37)38/h2,4-5,8-15,18,27,36H,3,6-7,16-17H2,1H3,(H,37,38). The number of aliphatic hydroxyl groups is 1. The van der Waals surface area contributed by atoms with E-state index in [0.717, 1.165) is 45.6 Å². The van der Waals surface area contributed by atoms with Gasteiger partial charge in [0, 0.05) is 11.1 Å². The summed E-state index contributed by atoms with van der Waals surface area (Å²) in [6.07, 6.45) is -2.75. The largest absolute Gasteiger partial charge is 0.481 e. The molecule has 202 valence electrons. The number of aliphatic carboxylic acids is 1. The highest BCUT2D eigenvalue weighted by Crippen LogP contribution is 2.48. The number of carbonyl (C=O) groups is 1. The van der Waals surface area contributed by atoms with Crippen molar-refractivity contribution < 1.29 is 32.7 Å². The van der Waals surface area contributed by atoms with E-state index in [9.17, 15) is 28.2 Å². The molecule has 0 amide bonds. The van der Waals surface area contributed by atoms with Crippen LogP contribution in [0.4, 0.5) is 13.2 Å². The number of alkyl halides is 3. The number of hydrogen-bond acceptors (Lipinski definition) is 4. The van der Waals surface area contributed by atoms with E-state index in [1.807, 2.05) is 55.5 Å². The lowest BCUT2D eigenvalue weighted by Gasteiger charge is -2.14. The van der Waals surface area contributed by atoms with E-state index in [-0.39, 0.29) is 5.56 Å². The van der Waals surface area contributed by atoms with Crippen molar-refractivity contribution in [2.75, 3.05) is 0 Å². The van der Waals surface area contributed by atoms with Crippen molar-refractivity contribution in [3.63, 3.8) is 0 Å². The van der Waals surface area contributed by atoms with Gasteiger partial charge in [0.25, 0.3) is 0 Å². The van der Waals surface area contributed by atoms with Crippen molar-refractivity contribution in [3.05, 3.63) is 101 Å². The number of rotatable bonds is 9. The van der Waals surface area contributed by atoms with Crippen molar-refractivity contribution in [1.29, 1.82) is 0 Å². The normalized spacial score (nSPS) is 15.2. The Morgan fingerprint density at radius 3 is 2.21 bits per heavy atom. The van der Waals surface area contributed by atoms with Crippen molar-refractivity contribution in [2.24, 2.45) is 0 Å². The van der Waals surface area contributed by atoms with Crippen molar-refractivity contribution in [3.8, 4) is 22.5 Å². The molecule has 0 bridgehead atoms. The van der Waals surface area contributed by atoms with Crippen molar-refractivity contribution >= 4 is 5.97 Å². The number of carboxylic acid groups (broad SMARTS) is 1. The second-order valence-electron chi connectivity index (χ2n) is 10.1. The minimum absolute atomic E-state index is 0.242. The van der Waals surface area contributed by atoms with Crippen molar-refractivity contribution in [1.82, 2.24) is 5.16 Å². The minimum atomic E-state index is -4.46. The van der Waals surface area contributed by atoms with Gasteiger partial charge in [-0.1, -0.05) is 65.8 Å². The van der Waals surface area contributed by atoms with E-state index in [0.29, 0.717) is 37.9 Å². The van der Waals surface area contributed by atoms with Crippen LogP contribution in [0.2, 0.25) is 0 Å². The average Bonchev–Trinajstić information content (AvgIpc) is 3.67. The molecule has 2 N–H and O–H groups in total. The molecular weight excluding hydrogens is 507 g/mol. The first kappa shape index (κ1) is 26.7. The maximum Gasteiger partial charge on any atom is 0.416 e. The summed E-state index contributed by atoms with van der Waals surface area (Å²) in [6, 6.07) is 20.2. The lowest BCUT2D eigenvalue weighted by molar-refractivity contribution is -0.140. The Labute approximate surface area is 223 Å². The summed E-state index contributed by atoms with van der Waals surface area (Å²) in [5.74, 6) is -0.150. The number of hydrogen-bond donors (Lipinski definition) is 2. The van der Waals surface area contributed by atoms with Gasteiger partial charge in [-0.25, -0.2) is 0 Å². The van der Waals surface area contributed by atoms with Crippen LogP contribution in [-0.2, 0) is 22.8 Å². The van der Waals surface area contributed by atoms with Crippen LogP contribution in [0.5, 0.6) is 0 Å². The molecule has 1 aliphatic carbocycles. The van der Waals surface area contributed by atoms with Crippen LogP contribution in [0.25, 0.3) is 22.5 Å². The summed E-state index contributed by atoms with van der Waals surface area (Å²) in [5, 5.41) is 24.1. The molecule has 1 atom stereocenters. The second-order valence-corrected chi connectivity index (χ2v) is 10.1. The van der Waals surface area contributed by atoms with E-state index < -0.39 is 29.2 Å². The van der Waals surface area contributed by atoms with E-state index in [1.54, 1.807) is 0 Å². The zero-order chi connectivity index (χ0) is 27.8. The van der Waals surface area contributed by atoms with Crippen LogP contribution in [0.15, 0.2) is 77.3 Å². The number of aromatic nitrogens is 1. The molecule has 1 unspecified atom stereocenters. The lowest BCUT2D eigenvalue weighted by Crippen LogP contribution is -2.19. The molecule has 0 aliphatic heterocycles. The molecule has 3 aromatic carbocycles. The molecule has 0 radical (unpaired) electrons. The van der Waals surface area contributed by atoms with Gasteiger partial charge in [-0.05, 0) is 73.4 Å². The average molecular weight is 536 g/mol. The maximum absolute atomic E-state index is 13.0. The topological polar surface area (TPSA) is 83.6 Å². The van der Waals surface area contributed by atoms with Gasteiger partial charge >= 0.3 is 12.1 Å². The quantitative estimate of drug-likeness (QED) is 0.232. The molecule has 1 heterocycles. The molecule has 8 heteroatoms. The first-order valence-corrected chi connectivity index (χ1v) is 12.8. The predicted octanol–water partition coefficient (Wildman–Crippen LogP) is 7.51. The zero-order valence-corrected chi connectivity index (χ0v) is 21.3. The Hall–Kier alpha value is -3.91. The number of benzene rings is 3. The van der Waals surface area contributed by atoms with Crippen LogP contribution in [0.1, 0.15) is 59.7 Å². The molecule has 1 saturated carbocycles. The van der Waals surface area contributed by atoms with Gasteiger partial charge in [0.2, 0.25) is 0 Å². The SMILES string of the molecule is Cc1noc(-c2ccc(-c3ccc(C4(C(=O)O)CC4)cc3)cc2)c1CCCC(O)c1cccc(C(F)(F)F)c1. The van der Waals surface area contributed by atoms with Crippen LogP contribution < -0.4 is 0 Å². The predicted molar refractivity (Wildman–Crippen MR) is 140 cm³/mol. The van der Waals surface area contributed by atoms with Crippen LogP contribution in [0, 0.1) is 6.92 Å².